The number of carbonyl (C=O) groups is 2. The number of aromatic nitrogens is 2. The van der Waals surface area contributed by atoms with Crippen LogP contribution in [0.15, 0.2) is 47.5 Å². The van der Waals surface area contributed by atoms with Crippen LogP contribution in [-0.2, 0) is 17.5 Å². The summed E-state index contributed by atoms with van der Waals surface area (Å²) >= 11 is 0.902. The zero-order chi connectivity index (χ0) is 26.0. The van der Waals surface area contributed by atoms with Crippen molar-refractivity contribution in [3.05, 3.63) is 64.2 Å². The number of thioether (sulfide) groups is 1. The number of alkyl halides is 3. The Kier molecular flexibility index (Phi) is 7.41. The molecule has 0 saturated carbocycles. The van der Waals surface area contributed by atoms with Crippen molar-refractivity contribution in [2.75, 3.05) is 34.3 Å². The molecule has 3 aromatic rings. The van der Waals surface area contributed by atoms with Gasteiger partial charge in [-0.3, -0.25) is 19.2 Å². The highest BCUT2D eigenvalue weighted by Crippen LogP contribution is 2.36. The third-order valence-corrected chi connectivity index (χ3v) is 6.67. The van der Waals surface area contributed by atoms with Gasteiger partial charge in [-0.15, -0.1) is 0 Å². The lowest BCUT2D eigenvalue weighted by Crippen LogP contribution is -2.31. The molecule has 1 aromatic heterocycles. The van der Waals surface area contributed by atoms with Crippen LogP contribution >= 0.6 is 11.8 Å². The fourth-order valence-corrected chi connectivity index (χ4v) is 4.82. The zero-order valence-corrected chi connectivity index (χ0v) is 20.8. The van der Waals surface area contributed by atoms with Gasteiger partial charge in [0.1, 0.15) is 5.75 Å². The molecule has 1 fully saturated rings. The molecular weight excluding hydrogens is 493 g/mol. The number of halogens is 3. The van der Waals surface area contributed by atoms with Gasteiger partial charge in [0.05, 0.1) is 35.8 Å². The van der Waals surface area contributed by atoms with E-state index < -0.39 is 11.7 Å². The van der Waals surface area contributed by atoms with Gasteiger partial charge in [-0.25, -0.2) is 0 Å². The standard InChI is InChI=1S/C25H25F3N4O3S/c1-30(2)9-4-10-31-23(33)22(36-24(31)34)12-16-5-8-21-18(11-16)14-29-32(21)15-17-6-7-19(35-3)13-20(17)25(26,27)28/h5-8,11-14H,4,9-10,15H2,1-3H3. The third kappa shape index (κ3) is 5.57. The molecule has 11 heteroatoms. The molecule has 1 saturated heterocycles. The van der Waals surface area contributed by atoms with E-state index in [-0.39, 0.29) is 29.0 Å². The molecule has 0 spiro atoms. The summed E-state index contributed by atoms with van der Waals surface area (Å²) in [6.07, 6.45) is -0.627. The minimum atomic E-state index is -4.53. The van der Waals surface area contributed by atoms with E-state index in [0.717, 1.165) is 24.4 Å². The van der Waals surface area contributed by atoms with Crippen molar-refractivity contribution in [3.8, 4) is 5.75 Å². The third-order valence-electron chi connectivity index (χ3n) is 5.77. The lowest BCUT2D eigenvalue weighted by molar-refractivity contribution is -0.138. The average Bonchev–Trinajstić information content (AvgIpc) is 3.33. The van der Waals surface area contributed by atoms with E-state index in [1.54, 1.807) is 30.5 Å². The molecule has 0 bridgehead atoms. The number of carbonyl (C=O) groups excluding carboxylic acids is 2. The van der Waals surface area contributed by atoms with Crippen LogP contribution in [0.5, 0.6) is 5.75 Å². The first-order valence-corrected chi connectivity index (χ1v) is 12.0. The topological polar surface area (TPSA) is 67.7 Å². The molecule has 0 aliphatic carbocycles. The van der Waals surface area contributed by atoms with Crippen molar-refractivity contribution in [2.24, 2.45) is 0 Å². The van der Waals surface area contributed by atoms with Gasteiger partial charge in [0.2, 0.25) is 0 Å². The summed E-state index contributed by atoms with van der Waals surface area (Å²) in [5.74, 6) is -0.193. The number of benzene rings is 2. The highest BCUT2D eigenvalue weighted by atomic mass is 32.2. The summed E-state index contributed by atoms with van der Waals surface area (Å²) in [5, 5.41) is 4.69. The Balaban J connectivity index is 1.55. The molecule has 1 aliphatic rings. The number of hydrogen-bond acceptors (Lipinski definition) is 6. The van der Waals surface area contributed by atoms with Gasteiger partial charge >= 0.3 is 6.18 Å². The molecule has 2 amide bonds. The van der Waals surface area contributed by atoms with Crippen LogP contribution in [0.25, 0.3) is 17.0 Å². The van der Waals surface area contributed by atoms with Gasteiger partial charge in [0, 0.05) is 11.9 Å². The molecule has 7 nitrogen and oxygen atoms in total. The first-order valence-electron chi connectivity index (χ1n) is 11.2. The first kappa shape index (κ1) is 25.8. The van der Waals surface area contributed by atoms with Crippen molar-refractivity contribution < 1.29 is 27.5 Å². The maximum absolute atomic E-state index is 13.6. The Morgan fingerprint density at radius 2 is 1.92 bits per heavy atom. The van der Waals surface area contributed by atoms with E-state index >= 15 is 0 Å². The molecule has 0 radical (unpaired) electrons. The molecule has 190 valence electrons. The Labute approximate surface area is 210 Å². The SMILES string of the molecule is COc1ccc(Cn2ncc3cc(C=C4SC(=O)N(CCCN(C)C)C4=O)ccc32)c(C(F)(F)F)c1. The van der Waals surface area contributed by atoms with E-state index in [9.17, 15) is 22.8 Å². The van der Waals surface area contributed by atoms with Gasteiger partial charge in [-0.05, 0) is 80.3 Å². The van der Waals surface area contributed by atoms with Gasteiger partial charge < -0.3 is 9.64 Å². The predicted molar refractivity (Wildman–Crippen MR) is 133 cm³/mol. The van der Waals surface area contributed by atoms with E-state index in [2.05, 4.69) is 5.10 Å². The van der Waals surface area contributed by atoms with Crippen LogP contribution in [-0.4, -0.2) is 65.0 Å². The largest absolute Gasteiger partial charge is 0.497 e. The number of ether oxygens (including phenoxy) is 1. The second-order valence-corrected chi connectivity index (χ2v) is 9.62. The lowest BCUT2D eigenvalue weighted by atomic mass is 10.1. The van der Waals surface area contributed by atoms with E-state index in [1.807, 2.05) is 19.0 Å². The number of nitrogens with zero attached hydrogens (tertiary/aromatic N) is 4. The summed E-state index contributed by atoms with van der Waals surface area (Å²) < 4.78 is 47.2. The molecule has 2 aromatic carbocycles. The fraction of sp³-hybridized carbons (Fsp3) is 0.320. The highest BCUT2D eigenvalue weighted by molar-refractivity contribution is 8.18. The minimum Gasteiger partial charge on any atom is -0.497 e. The van der Waals surface area contributed by atoms with Crippen LogP contribution < -0.4 is 4.74 Å². The number of methoxy groups -OCH3 is 1. The van der Waals surface area contributed by atoms with Crippen molar-refractivity contribution in [1.29, 1.82) is 0 Å². The van der Waals surface area contributed by atoms with Crippen molar-refractivity contribution in [3.63, 3.8) is 0 Å². The fourth-order valence-electron chi connectivity index (χ4n) is 3.96. The van der Waals surface area contributed by atoms with Crippen molar-refractivity contribution in [2.45, 2.75) is 19.1 Å². The molecule has 0 unspecified atom stereocenters. The smallest absolute Gasteiger partial charge is 0.416 e. The van der Waals surface area contributed by atoms with Crippen LogP contribution in [0.3, 0.4) is 0 Å². The summed E-state index contributed by atoms with van der Waals surface area (Å²) in [6, 6.07) is 9.13. The molecule has 2 heterocycles. The van der Waals surface area contributed by atoms with Gasteiger partial charge in [-0.2, -0.15) is 18.3 Å². The Morgan fingerprint density at radius 1 is 1.14 bits per heavy atom. The predicted octanol–water partition coefficient (Wildman–Crippen LogP) is 5.10. The average molecular weight is 519 g/mol. The molecule has 0 N–H and O–H groups in total. The number of fused-ring (bicyclic) bond motifs is 1. The van der Waals surface area contributed by atoms with Crippen LogP contribution in [0.4, 0.5) is 18.0 Å². The number of amides is 2. The normalized spacial score (nSPS) is 15.6. The Bertz CT molecular complexity index is 1330. The summed E-state index contributed by atoms with van der Waals surface area (Å²) in [5.41, 5.74) is 0.637. The zero-order valence-electron chi connectivity index (χ0n) is 20.0. The quantitative estimate of drug-likeness (QED) is 0.387. The first-order chi connectivity index (χ1) is 17.1. The lowest BCUT2D eigenvalue weighted by Gasteiger charge is -2.15. The summed E-state index contributed by atoms with van der Waals surface area (Å²) in [4.78, 5) is 28.6. The molecular formula is C25H25F3N4O3S. The maximum Gasteiger partial charge on any atom is 0.416 e. The van der Waals surface area contributed by atoms with E-state index in [1.165, 1.54) is 28.8 Å². The number of imide groups is 1. The van der Waals surface area contributed by atoms with Crippen LogP contribution in [0.2, 0.25) is 0 Å². The monoisotopic (exact) mass is 518 g/mol. The summed E-state index contributed by atoms with van der Waals surface area (Å²) in [6.45, 7) is 1.05. The van der Waals surface area contributed by atoms with Gasteiger partial charge in [0.15, 0.2) is 0 Å². The Hall–Kier alpha value is -3.31. The molecule has 4 rings (SSSR count). The Morgan fingerprint density at radius 3 is 2.61 bits per heavy atom. The maximum atomic E-state index is 13.6. The molecule has 1 aliphatic heterocycles. The number of rotatable bonds is 8. The summed E-state index contributed by atoms with van der Waals surface area (Å²) in [7, 11) is 5.18. The van der Waals surface area contributed by atoms with Gasteiger partial charge in [0.25, 0.3) is 11.1 Å². The van der Waals surface area contributed by atoms with Crippen LogP contribution in [0, 0.1) is 0 Å². The second-order valence-electron chi connectivity index (χ2n) is 8.63. The van der Waals surface area contributed by atoms with Crippen molar-refractivity contribution >= 4 is 39.9 Å². The van der Waals surface area contributed by atoms with Gasteiger partial charge in [-0.1, -0.05) is 12.1 Å². The minimum absolute atomic E-state index is 0.0697. The van der Waals surface area contributed by atoms with Crippen LogP contribution in [0.1, 0.15) is 23.1 Å². The molecule has 36 heavy (non-hydrogen) atoms. The number of hydrogen-bond donors (Lipinski definition) is 0. The van der Waals surface area contributed by atoms with Crippen molar-refractivity contribution in [1.82, 2.24) is 19.6 Å². The second kappa shape index (κ2) is 10.4. The highest BCUT2D eigenvalue weighted by Gasteiger charge is 2.35. The van der Waals surface area contributed by atoms with E-state index in [0.29, 0.717) is 34.3 Å². The van der Waals surface area contributed by atoms with E-state index in [4.69, 9.17) is 4.74 Å². The molecule has 0 atom stereocenters.